The summed E-state index contributed by atoms with van der Waals surface area (Å²) < 4.78 is 1.62. The van der Waals surface area contributed by atoms with Gasteiger partial charge in [-0.25, -0.2) is 9.78 Å². The third-order valence-corrected chi connectivity index (χ3v) is 2.98. The minimum Gasteiger partial charge on any atom is -0.478 e. The van der Waals surface area contributed by atoms with Crippen molar-refractivity contribution in [2.75, 3.05) is 5.32 Å². The summed E-state index contributed by atoms with van der Waals surface area (Å²) in [5.74, 6) is -1.24. The fourth-order valence-corrected chi connectivity index (χ4v) is 1.91. The standard InChI is InChI=1S/C13H14N4O3/c1-7-11(8(2)17(3)16-7)12(18)15-10-6-9(13(19)20)4-5-14-10/h4-6H,1-3H3,(H,19,20)(H,14,15,18). The Kier molecular flexibility index (Phi) is 3.51. The first-order valence-corrected chi connectivity index (χ1v) is 5.91. The first-order valence-electron chi connectivity index (χ1n) is 5.91. The normalized spacial score (nSPS) is 10.3. The lowest BCUT2D eigenvalue weighted by Crippen LogP contribution is -2.15. The van der Waals surface area contributed by atoms with Crippen LogP contribution in [0, 0.1) is 13.8 Å². The largest absolute Gasteiger partial charge is 0.478 e. The number of anilines is 1. The topological polar surface area (TPSA) is 97.1 Å². The van der Waals surface area contributed by atoms with E-state index >= 15 is 0 Å². The first kappa shape index (κ1) is 13.7. The highest BCUT2D eigenvalue weighted by Crippen LogP contribution is 2.14. The highest BCUT2D eigenvalue weighted by Gasteiger charge is 2.18. The van der Waals surface area contributed by atoms with Crippen LogP contribution < -0.4 is 5.32 Å². The molecule has 0 unspecified atom stereocenters. The molecule has 0 aliphatic rings. The van der Waals surface area contributed by atoms with E-state index in [9.17, 15) is 9.59 Å². The molecule has 0 atom stereocenters. The lowest BCUT2D eigenvalue weighted by atomic mass is 10.2. The molecule has 2 heterocycles. The zero-order valence-corrected chi connectivity index (χ0v) is 11.3. The Balaban J connectivity index is 2.28. The molecular weight excluding hydrogens is 260 g/mol. The lowest BCUT2D eigenvalue weighted by molar-refractivity contribution is 0.0696. The van der Waals surface area contributed by atoms with E-state index in [-0.39, 0.29) is 17.3 Å². The van der Waals surface area contributed by atoms with Gasteiger partial charge in [0.2, 0.25) is 0 Å². The van der Waals surface area contributed by atoms with Crippen molar-refractivity contribution in [1.82, 2.24) is 14.8 Å². The predicted octanol–water partition coefficient (Wildman–Crippen LogP) is 1.38. The average Bonchev–Trinajstić information content (AvgIpc) is 2.63. The van der Waals surface area contributed by atoms with Gasteiger partial charge in [0, 0.05) is 18.9 Å². The number of hydrogen-bond donors (Lipinski definition) is 2. The van der Waals surface area contributed by atoms with Gasteiger partial charge in [0.1, 0.15) is 5.82 Å². The van der Waals surface area contributed by atoms with Crippen LogP contribution in [0.1, 0.15) is 32.1 Å². The maximum Gasteiger partial charge on any atom is 0.335 e. The number of amides is 1. The van der Waals surface area contributed by atoms with Crippen molar-refractivity contribution in [3.63, 3.8) is 0 Å². The van der Waals surface area contributed by atoms with Crippen molar-refractivity contribution < 1.29 is 14.7 Å². The van der Waals surface area contributed by atoms with Gasteiger partial charge in [-0.1, -0.05) is 0 Å². The Labute approximate surface area is 115 Å². The van der Waals surface area contributed by atoms with Gasteiger partial charge in [-0.2, -0.15) is 5.10 Å². The van der Waals surface area contributed by atoms with Crippen LogP contribution in [0.25, 0.3) is 0 Å². The van der Waals surface area contributed by atoms with Crippen LogP contribution in [-0.4, -0.2) is 31.7 Å². The van der Waals surface area contributed by atoms with Gasteiger partial charge < -0.3 is 10.4 Å². The number of carbonyl (C=O) groups excluding carboxylic acids is 1. The molecule has 2 aromatic rings. The van der Waals surface area contributed by atoms with Crippen molar-refractivity contribution in [3.05, 3.63) is 40.8 Å². The van der Waals surface area contributed by atoms with E-state index in [1.54, 1.807) is 25.6 Å². The van der Waals surface area contributed by atoms with Gasteiger partial charge >= 0.3 is 5.97 Å². The van der Waals surface area contributed by atoms with E-state index in [0.29, 0.717) is 11.3 Å². The van der Waals surface area contributed by atoms with Crippen molar-refractivity contribution in [3.8, 4) is 0 Å². The average molecular weight is 274 g/mol. The summed E-state index contributed by atoms with van der Waals surface area (Å²) in [6.07, 6.45) is 1.34. The van der Waals surface area contributed by atoms with Crippen LogP contribution in [0.4, 0.5) is 5.82 Å². The van der Waals surface area contributed by atoms with E-state index in [1.165, 1.54) is 18.3 Å². The summed E-state index contributed by atoms with van der Waals surface area (Å²) >= 11 is 0. The van der Waals surface area contributed by atoms with Crippen molar-refractivity contribution >= 4 is 17.7 Å². The predicted molar refractivity (Wildman–Crippen MR) is 71.8 cm³/mol. The molecule has 0 fully saturated rings. The SMILES string of the molecule is Cc1nn(C)c(C)c1C(=O)Nc1cc(C(=O)O)ccn1. The molecule has 1 amide bonds. The van der Waals surface area contributed by atoms with Gasteiger partial charge in [0.25, 0.3) is 5.91 Å². The van der Waals surface area contributed by atoms with Crippen LogP contribution in [0.5, 0.6) is 0 Å². The fourth-order valence-electron chi connectivity index (χ4n) is 1.91. The summed E-state index contributed by atoms with van der Waals surface area (Å²) in [6.45, 7) is 3.53. The molecule has 20 heavy (non-hydrogen) atoms. The molecule has 0 saturated heterocycles. The molecular formula is C13H14N4O3. The Morgan fingerprint density at radius 3 is 2.60 bits per heavy atom. The molecule has 2 aromatic heterocycles. The van der Waals surface area contributed by atoms with Gasteiger partial charge in [-0.05, 0) is 26.0 Å². The van der Waals surface area contributed by atoms with Crippen molar-refractivity contribution in [2.24, 2.45) is 7.05 Å². The fraction of sp³-hybridized carbons (Fsp3) is 0.231. The van der Waals surface area contributed by atoms with Gasteiger partial charge in [0.05, 0.1) is 16.8 Å². The third-order valence-electron chi connectivity index (χ3n) is 2.98. The van der Waals surface area contributed by atoms with Crippen LogP contribution in [0.15, 0.2) is 18.3 Å². The summed E-state index contributed by atoms with van der Waals surface area (Å²) in [7, 11) is 1.75. The molecule has 0 bridgehead atoms. The molecule has 2 N–H and O–H groups in total. The minimum atomic E-state index is -1.07. The Bertz CT molecular complexity index is 691. The number of nitrogens with zero attached hydrogens (tertiary/aromatic N) is 3. The number of aromatic nitrogens is 3. The van der Waals surface area contributed by atoms with Crippen LogP contribution in [0.3, 0.4) is 0 Å². The van der Waals surface area contributed by atoms with Gasteiger partial charge in [0.15, 0.2) is 0 Å². The highest BCUT2D eigenvalue weighted by molar-refractivity contribution is 6.05. The molecule has 0 aliphatic carbocycles. The Morgan fingerprint density at radius 1 is 1.35 bits per heavy atom. The molecule has 0 aliphatic heterocycles. The van der Waals surface area contributed by atoms with Crippen molar-refractivity contribution in [1.29, 1.82) is 0 Å². The summed E-state index contributed by atoms with van der Waals surface area (Å²) in [5.41, 5.74) is 1.87. The number of carbonyl (C=O) groups is 2. The van der Waals surface area contributed by atoms with E-state index in [0.717, 1.165) is 5.69 Å². The van der Waals surface area contributed by atoms with Crippen LogP contribution >= 0.6 is 0 Å². The maximum absolute atomic E-state index is 12.2. The quantitative estimate of drug-likeness (QED) is 0.881. The summed E-state index contributed by atoms with van der Waals surface area (Å²) in [5, 5.41) is 15.6. The molecule has 0 saturated carbocycles. The molecule has 2 rings (SSSR count). The number of carboxylic acid groups (broad SMARTS) is 1. The zero-order valence-electron chi connectivity index (χ0n) is 11.3. The number of nitrogens with one attached hydrogen (secondary N) is 1. The molecule has 0 aromatic carbocycles. The summed E-state index contributed by atoms with van der Waals surface area (Å²) in [4.78, 5) is 27.0. The molecule has 7 heteroatoms. The maximum atomic E-state index is 12.2. The van der Waals surface area contributed by atoms with E-state index in [2.05, 4.69) is 15.4 Å². The smallest absolute Gasteiger partial charge is 0.335 e. The van der Waals surface area contributed by atoms with E-state index < -0.39 is 5.97 Å². The molecule has 0 radical (unpaired) electrons. The van der Waals surface area contributed by atoms with Crippen LogP contribution in [-0.2, 0) is 7.05 Å². The Hall–Kier alpha value is -2.70. The van der Waals surface area contributed by atoms with Gasteiger partial charge in [-0.3, -0.25) is 9.48 Å². The van der Waals surface area contributed by atoms with Crippen LogP contribution in [0.2, 0.25) is 0 Å². The second-order valence-corrected chi connectivity index (χ2v) is 4.36. The zero-order chi connectivity index (χ0) is 14.9. The number of carboxylic acids is 1. The molecule has 104 valence electrons. The third kappa shape index (κ3) is 2.51. The van der Waals surface area contributed by atoms with E-state index in [1.807, 2.05) is 0 Å². The highest BCUT2D eigenvalue weighted by atomic mass is 16.4. The number of aryl methyl sites for hydroxylation is 2. The molecule has 0 spiro atoms. The number of pyridine rings is 1. The lowest BCUT2D eigenvalue weighted by Gasteiger charge is -2.05. The first-order chi connectivity index (χ1) is 9.40. The molecule has 7 nitrogen and oxygen atoms in total. The minimum absolute atomic E-state index is 0.0648. The number of aromatic carboxylic acids is 1. The monoisotopic (exact) mass is 274 g/mol. The second kappa shape index (κ2) is 5.12. The van der Waals surface area contributed by atoms with Crippen molar-refractivity contribution in [2.45, 2.75) is 13.8 Å². The number of hydrogen-bond acceptors (Lipinski definition) is 4. The van der Waals surface area contributed by atoms with Gasteiger partial charge in [-0.15, -0.1) is 0 Å². The summed E-state index contributed by atoms with van der Waals surface area (Å²) in [6, 6.07) is 2.67. The Morgan fingerprint density at radius 2 is 2.05 bits per heavy atom. The second-order valence-electron chi connectivity index (χ2n) is 4.36. The number of rotatable bonds is 3. The van der Waals surface area contributed by atoms with E-state index in [4.69, 9.17) is 5.11 Å².